The molecule has 0 spiro atoms. The van der Waals surface area contributed by atoms with Crippen LogP contribution in [-0.4, -0.2) is 29.3 Å². The fraction of sp³-hybridized carbons (Fsp3) is 0.200. The van der Waals surface area contributed by atoms with Crippen LogP contribution < -0.4 is 14.4 Å². The van der Waals surface area contributed by atoms with E-state index in [1.54, 1.807) is 14.2 Å². The number of aromatic hydroxyl groups is 1. The Morgan fingerprint density at radius 2 is 1.19 bits per heavy atom. The largest absolute Gasteiger partial charge is 0.505 e. The Hall–Kier alpha value is -3.28. The molecule has 0 saturated carbocycles. The molecule has 1 aromatic heterocycles. The summed E-state index contributed by atoms with van der Waals surface area (Å²) in [6, 6.07) is 15.8. The van der Waals surface area contributed by atoms with Gasteiger partial charge in [-0.3, -0.25) is 0 Å². The summed E-state index contributed by atoms with van der Waals surface area (Å²) in [6.45, 7) is 1.25. The first-order valence-electron chi connectivity index (χ1n) is 8.20. The Kier molecular flexibility index (Phi) is 5.53. The van der Waals surface area contributed by atoms with Crippen molar-refractivity contribution >= 4 is 5.95 Å². The molecule has 0 radical (unpaired) electrons. The van der Waals surface area contributed by atoms with Gasteiger partial charge >= 0.3 is 0 Å². The summed E-state index contributed by atoms with van der Waals surface area (Å²) >= 11 is 0. The van der Waals surface area contributed by atoms with Gasteiger partial charge in [0, 0.05) is 13.1 Å². The number of nitrogens with zero attached hydrogens (tertiary/aromatic N) is 3. The van der Waals surface area contributed by atoms with Crippen LogP contribution in [0.15, 0.2) is 60.9 Å². The van der Waals surface area contributed by atoms with Crippen molar-refractivity contribution < 1.29 is 14.6 Å². The zero-order valence-corrected chi connectivity index (χ0v) is 14.8. The third-order valence-electron chi connectivity index (χ3n) is 3.97. The highest BCUT2D eigenvalue weighted by atomic mass is 16.5. The standard InChI is InChI=1S/C20H21N3O3/c1-25-18-7-3-15(4-8-18)13-23(20-21-11-17(24)12-22-20)14-16-5-9-19(26-2)10-6-16/h3-12,24H,13-14H2,1-2H3. The summed E-state index contributed by atoms with van der Waals surface area (Å²) in [5.41, 5.74) is 2.21. The minimum absolute atomic E-state index is 0.0441. The van der Waals surface area contributed by atoms with Crippen LogP contribution in [0.3, 0.4) is 0 Å². The summed E-state index contributed by atoms with van der Waals surface area (Å²) in [5.74, 6) is 2.23. The predicted molar refractivity (Wildman–Crippen MR) is 99.6 cm³/mol. The van der Waals surface area contributed by atoms with E-state index in [1.807, 2.05) is 53.4 Å². The number of ether oxygens (including phenoxy) is 2. The molecule has 0 fully saturated rings. The number of aromatic nitrogens is 2. The molecule has 0 atom stereocenters. The second kappa shape index (κ2) is 8.20. The van der Waals surface area contributed by atoms with Crippen molar-refractivity contribution in [1.29, 1.82) is 0 Å². The number of anilines is 1. The zero-order chi connectivity index (χ0) is 18.4. The van der Waals surface area contributed by atoms with E-state index in [0.29, 0.717) is 19.0 Å². The molecule has 0 aliphatic carbocycles. The summed E-state index contributed by atoms with van der Waals surface area (Å²) in [7, 11) is 3.30. The van der Waals surface area contributed by atoms with Crippen molar-refractivity contribution in [2.24, 2.45) is 0 Å². The Morgan fingerprint density at radius 3 is 1.58 bits per heavy atom. The second-order valence-corrected chi connectivity index (χ2v) is 5.79. The maximum Gasteiger partial charge on any atom is 0.226 e. The van der Waals surface area contributed by atoms with E-state index in [9.17, 15) is 5.11 Å². The molecule has 0 unspecified atom stereocenters. The maximum atomic E-state index is 9.46. The third-order valence-corrected chi connectivity index (χ3v) is 3.97. The first-order chi connectivity index (χ1) is 12.7. The molecule has 6 nitrogen and oxygen atoms in total. The normalized spacial score (nSPS) is 10.4. The van der Waals surface area contributed by atoms with Gasteiger partial charge in [0.25, 0.3) is 0 Å². The smallest absolute Gasteiger partial charge is 0.226 e. The first-order valence-corrected chi connectivity index (χ1v) is 8.20. The Labute approximate surface area is 152 Å². The van der Waals surface area contributed by atoms with Crippen molar-refractivity contribution in [2.45, 2.75) is 13.1 Å². The van der Waals surface area contributed by atoms with Crippen LogP contribution in [0.2, 0.25) is 0 Å². The van der Waals surface area contributed by atoms with E-state index < -0.39 is 0 Å². The molecular formula is C20H21N3O3. The molecule has 0 bridgehead atoms. The Balaban J connectivity index is 1.83. The molecule has 6 heteroatoms. The summed E-state index contributed by atoms with van der Waals surface area (Å²) < 4.78 is 10.4. The lowest BCUT2D eigenvalue weighted by Crippen LogP contribution is -2.24. The van der Waals surface area contributed by atoms with Crippen LogP contribution in [0.5, 0.6) is 17.2 Å². The summed E-state index contributed by atoms with van der Waals surface area (Å²) in [6.07, 6.45) is 2.80. The molecule has 3 rings (SSSR count). The minimum Gasteiger partial charge on any atom is -0.505 e. The van der Waals surface area contributed by atoms with E-state index in [-0.39, 0.29) is 5.75 Å². The maximum absolute atomic E-state index is 9.46. The van der Waals surface area contributed by atoms with Gasteiger partial charge < -0.3 is 19.5 Å². The molecule has 0 aliphatic rings. The van der Waals surface area contributed by atoms with E-state index in [1.165, 1.54) is 12.4 Å². The van der Waals surface area contributed by atoms with E-state index in [2.05, 4.69) is 9.97 Å². The minimum atomic E-state index is 0.0441. The summed E-state index contributed by atoms with van der Waals surface area (Å²) in [4.78, 5) is 10.6. The quantitative estimate of drug-likeness (QED) is 0.704. The van der Waals surface area contributed by atoms with Gasteiger partial charge in [0.05, 0.1) is 26.6 Å². The van der Waals surface area contributed by atoms with Crippen LogP contribution >= 0.6 is 0 Å². The third kappa shape index (κ3) is 4.42. The Bertz CT molecular complexity index is 769. The van der Waals surface area contributed by atoms with Crippen LogP contribution in [-0.2, 0) is 13.1 Å². The van der Waals surface area contributed by atoms with Gasteiger partial charge in [-0.2, -0.15) is 0 Å². The number of benzene rings is 2. The fourth-order valence-corrected chi connectivity index (χ4v) is 2.58. The highest BCUT2D eigenvalue weighted by Gasteiger charge is 2.12. The zero-order valence-electron chi connectivity index (χ0n) is 14.8. The molecule has 0 aliphatic heterocycles. The molecule has 1 N–H and O–H groups in total. The predicted octanol–water partition coefficient (Wildman–Crippen LogP) is 3.41. The van der Waals surface area contributed by atoms with E-state index in [0.717, 1.165) is 22.6 Å². The van der Waals surface area contributed by atoms with Gasteiger partial charge in [-0.15, -0.1) is 0 Å². The summed E-state index contributed by atoms with van der Waals surface area (Å²) in [5, 5.41) is 9.46. The fourth-order valence-electron chi connectivity index (χ4n) is 2.58. The number of hydrogen-bond acceptors (Lipinski definition) is 6. The van der Waals surface area contributed by atoms with Crippen LogP contribution in [0.25, 0.3) is 0 Å². The van der Waals surface area contributed by atoms with Gasteiger partial charge in [-0.05, 0) is 35.4 Å². The lowest BCUT2D eigenvalue weighted by molar-refractivity contribution is 0.414. The van der Waals surface area contributed by atoms with Crippen molar-refractivity contribution in [3.8, 4) is 17.2 Å². The van der Waals surface area contributed by atoms with Crippen molar-refractivity contribution in [3.05, 3.63) is 72.1 Å². The van der Waals surface area contributed by atoms with Gasteiger partial charge in [0.15, 0.2) is 5.75 Å². The highest BCUT2D eigenvalue weighted by molar-refractivity contribution is 5.38. The number of methoxy groups -OCH3 is 2. The highest BCUT2D eigenvalue weighted by Crippen LogP contribution is 2.20. The van der Waals surface area contributed by atoms with Crippen LogP contribution in [0.4, 0.5) is 5.95 Å². The number of hydrogen-bond donors (Lipinski definition) is 1. The molecular weight excluding hydrogens is 330 g/mol. The van der Waals surface area contributed by atoms with Crippen LogP contribution in [0, 0.1) is 0 Å². The van der Waals surface area contributed by atoms with Gasteiger partial charge in [0.2, 0.25) is 5.95 Å². The van der Waals surface area contributed by atoms with E-state index >= 15 is 0 Å². The molecule has 26 heavy (non-hydrogen) atoms. The molecule has 0 amide bonds. The van der Waals surface area contributed by atoms with Crippen LogP contribution in [0.1, 0.15) is 11.1 Å². The molecule has 2 aromatic carbocycles. The van der Waals surface area contributed by atoms with Gasteiger partial charge in [-0.1, -0.05) is 24.3 Å². The lowest BCUT2D eigenvalue weighted by Gasteiger charge is -2.23. The van der Waals surface area contributed by atoms with Crippen molar-refractivity contribution in [3.63, 3.8) is 0 Å². The number of rotatable bonds is 7. The lowest BCUT2D eigenvalue weighted by atomic mass is 10.1. The SMILES string of the molecule is COc1ccc(CN(Cc2ccc(OC)cc2)c2ncc(O)cn2)cc1. The molecule has 0 saturated heterocycles. The topological polar surface area (TPSA) is 67.7 Å². The van der Waals surface area contributed by atoms with Gasteiger partial charge in [-0.25, -0.2) is 9.97 Å². The molecule has 1 heterocycles. The average Bonchev–Trinajstić information content (AvgIpc) is 2.69. The van der Waals surface area contributed by atoms with Crippen molar-refractivity contribution in [2.75, 3.05) is 19.1 Å². The average molecular weight is 351 g/mol. The van der Waals surface area contributed by atoms with E-state index in [4.69, 9.17) is 9.47 Å². The van der Waals surface area contributed by atoms with Gasteiger partial charge in [0.1, 0.15) is 11.5 Å². The molecule has 3 aromatic rings. The van der Waals surface area contributed by atoms with Crippen molar-refractivity contribution in [1.82, 2.24) is 9.97 Å². The first kappa shape index (κ1) is 17.5. The Morgan fingerprint density at radius 1 is 0.769 bits per heavy atom. The molecule has 134 valence electrons. The second-order valence-electron chi connectivity index (χ2n) is 5.79. The monoisotopic (exact) mass is 351 g/mol.